The molecule has 12 heteroatoms. The fourth-order valence-electron chi connectivity index (χ4n) is 9.10. The topological polar surface area (TPSA) is 116 Å². The minimum atomic E-state index is -0.948. The molecule has 3 aromatic carbocycles. The molecule has 3 fully saturated rings. The molecule has 0 amide bonds. The van der Waals surface area contributed by atoms with Crippen LogP contribution in [0.5, 0.6) is 0 Å². The summed E-state index contributed by atoms with van der Waals surface area (Å²) in [5.41, 5.74) is 3.63. The Morgan fingerprint density at radius 3 is 2.00 bits per heavy atom. The van der Waals surface area contributed by atoms with Gasteiger partial charge in [0, 0.05) is 30.6 Å². The van der Waals surface area contributed by atoms with Crippen LogP contribution in [-0.4, -0.2) is 49.9 Å². The summed E-state index contributed by atoms with van der Waals surface area (Å²) in [7, 11) is 0. The van der Waals surface area contributed by atoms with Crippen molar-refractivity contribution in [3.63, 3.8) is 0 Å². The Kier molecular flexibility index (Phi) is 7.24. The molecule has 1 N–H and O–H groups in total. The Morgan fingerprint density at radius 1 is 0.750 bits per heavy atom. The van der Waals surface area contributed by atoms with E-state index in [2.05, 4.69) is 57.0 Å². The van der Waals surface area contributed by atoms with Gasteiger partial charge in [-0.05, 0) is 60.3 Å². The van der Waals surface area contributed by atoms with Crippen LogP contribution < -0.4 is 0 Å². The third kappa shape index (κ3) is 4.65. The van der Waals surface area contributed by atoms with Crippen LogP contribution >= 0.6 is 11.6 Å². The van der Waals surface area contributed by atoms with E-state index in [0.717, 1.165) is 42.4 Å². The summed E-state index contributed by atoms with van der Waals surface area (Å²) in [6.07, 6.45) is 9.07. The quantitative estimate of drug-likeness (QED) is 0.166. The summed E-state index contributed by atoms with van der Waals surface area (Å²) < 4.78 is 19.8. The summed E-state index contributed by atoms with van der Waals surface area (Å²) in [6.45, 7) is 0. The summed E-state index contributed by atoms with van der Waals surface area (Å²) in [4.78, 5) is 14.8. The molecule has 0 aliphatic heterocycles. The lowest BCUT2D eigenvalue weighted by Gasteiger charge is -2.48. The van der Waals surface area contributed by atoms with Crippen LogP contribution in [0.2, 0.25) is 5.02 Å². The van der Waals surface area contributed by atoms with E-state index in [0.29, 0.717) is 56.3 Å². The Labute approximate surface area is 302 Å². The zero-order valence-corrected chi connectivity index (χ0v) is 28.6. The molecule has 3 saturated carbocycles. The number of hydrogen-bond donors (Lipinski definition) is 1. The molecule has 0 spiro atoms. The number of tetrazole rings is 1. The molecule has 3 aliphatic carbocycles. The van der Waals surface area contributed by atoms with Crippen LogP contribution in [0.1, 0.15) is 60.2 Å². The SMILES string of the molecule is Fc1cn([C@H]2C3CCC(CC3)[C@@H]2c2nn[nH]n2)c2nc(-c3nn(C(c4ccccc4)(c4ccccc4)c4ccccc4)c4ncc(Cl)cc34)ncc12. The van der Waals surface area contributed by atoms with Gasteiger partial charge in [0.15, 0.2) is 23.1 Å². The maximum Gasteiger partial charge on any atom is 0.182 e. The summed E-state index contributed by atoms with van der Waals surface area (Å²) in [6, 6.07) is 32.7. The smallest absolute Gasteiger partial charge is 0.182 e. The number of benzene rings is 3. The van der Waals surface area contributed by atoms with Crippen molar-refractivity contribution < 1.29 is 4.39 Å². The maximum atomic E-state index is 15.8. The van der Waals surface area contributed by atoms with E-state index < -0.39 is 5.54 Å². The van der Waals surface area contributed by atoms with Crippen molar-refractivity contribution in [2.45, 2.75) is 43.2 Å². The summed E-state index contributed by atoms with van der Waals surface area (Å²) in [5, 5.41) is 22.2. The Hall–Kier alpha value is -5.81. The van der Waals surface area contributed by atoms with Gasteiger partial charge >= 0.3 is 0 Å². The van der Waals surface area contributed by atoms with Gasteiger partial charge in [-0.15, -0.1) is 10.2 Å². The largest absolute Gasteiger partial charge is 0.325 e. The van der Waals surface area contributed by atoms with Crippen molar-refractivity contribution in [2.24, 2.45) is 11.8 Å². The molecule has 10 nitrogen and oxygen atoms in total. The lowest BCUT2D eigenvalue weighted by molar-refractivity contribution is 0.0724. The molecule has 3 aliphatic rings. The summed E-state index contributed by atoms with van der Waals surface area (Å²) >= 11 is 6.67. The number of nitrogens with one attached hydrogen (secondary N) is 1. The first-order chi connectivity index (χ1) is 25.6. The minimum absolute atomic E-state index is 0.00839. The zero-order valence-electron chi connectivity index (χ0n) is 27.9. The van der Waals surface area contributed by atoms with Crippen molar-refractivity contribution in [1.29, 1.82) is 0 Å². The number of halogens is 2. The van der Waals surface area contributed by atoms with Crippen LogP contribution in [0.4, 0.5) is 4.39 Å². The van der Waals surface area contributed by atoms with Crippen LogP contribution in [0.15, 0.2) is 116 Å². The molecule has 8 aromatic rings. The third-order valence-corrected chi connectivity index (χ3v) is 11.5. The predicted molar refractivity (Wildman–Crippen MR) is 195 cm³/mol. The van der Waals surface area contributed by atoms with E-state index in [1.54, 1.807) is 18.6 Å². The second-order valence-corrected chi connectivity index (χ2v) is 14.3. The van der Waals surface area contributed by atoms with Gasteiger partial charge in [0.1, 0.15) is 16.9 Å². The standard InChI is InChI=1S/C40H32ClFN10/c41-29-20-30-34(37-43-22-31-32(42)23-51(39(31)45-37)35-25-18-16-24(17-19-25)33(35)36-46-49-50-47-36)48-52(38(30)44-21-29)40(26-10-4-1-5-11-26,27-12-6-2-7-13-27)28-14-8-3-9-15-28/h1-15,20-25,33,35H,16-19H2,(H,46,47,49,50)/t24?,25?,33-,35-/m0/s1. The summed E-state index contributed by atoms with van der Waals surface area (Å²) in [5.74, 6) is 1.34. The second kappa shape index (κ2) is 12.2. The second-order valence-electron chi connectivity index (χ2n) is 13.9. The first-order valence-electron chi connectivity index (χ1n) is 17.6. The zero-order chi connectivity index (χ0) is 34.8. The van der Waals surface area contributed by atoms with Crippen molar-refractivity contribution in [3.8, 4) is 11.5 Å². The van der Waals surface area contributed by atoms with Gasteiger partial charge < -0.3 is 4.57 Å². The number of nitrogens with zero attached hydrogens (tertiary/aromatic N) is 9. The molecule has 5 aromatic heterocycles. The van der Waals surface area contributed by atoms with Crippen molar-refractivity contribution >= 4 is 33.7 Å². The number of H-pyrrole nitrogens is 1. The van der Waals surface area contributed by atoms with E-state index in [9.17, 15) is 0 Å². The number of hydrogen-bond acceptors (Lipinski definition) is 7. The fraction of sp³-hybridized carbons (Fsp3) is 0.225. The monoisotopic (exact) mass is 706 g/mol. The van der Waals surface area contributed by atoms with E-state index in [4.69, 9.17) is 31.7 Å². The number of aromatic nitrogens is 10. The van der Waals surface area contributed by atoms with Gasteiger partial charge in [-0.2, -0.15) is 10.3 Å². The van der Waals surface area contributed by atoms with Gasteiger partial charge in [0.05, 0.1) is 15.8 Å². The third-order valence-electron chi connectivity index (χ3n) is 11.3. The van der Waals surface area contributed by atoms with Crippen LogP contribution in [-0.2, 0) is 5.54 Å². The Bertz CT molecular complexity index is 2430. The number of aromatic amines is 1. The van der Waals surface area contributed by atoms with E-state index in [1.165, 1.54) is 0 Å². The highest BCUT2D eigenvalue weighted by molar-refractivity contribution is 6.31. The van der Waals surface area contributed by atoms with E-state index in [1.807, 2.05) is 69.9 Å². The number of rotatable bonds is 7. The molecule has 52 heavy (non-hydrogen) atoms. The van der Waals surface area contributed by atoms with Gasteiger partial charge in [0.25, 0.3) is 0 Å². The van der Waals surface area contributed by atoms with Crippen molar-refractivity contribution in [1.82, 2.24) is 49.9 Å². The molecular formula is C40H32ClFN10. The number of pyridine rings is 1. The van der Waals surface area contributed by atoms with Crippen LogP contribution in [0.25, 0.3) is 33.6 Å². The normalized spacial score (nSPS) is 20.2. The van der Waals surface area contributed by atoms with Gasteiger partial charge in [-0.1, -0.05) is 108 Å². The maximum absolute atomic E-state index is 15.8. The number of fused-ring (bicyclic) bond motifs is 5. The van der Waals surface area contributed by atoms with Crippen molar-refractivity contribution in [2.75, 3.05) is 0 Å². The van der Waals surface area contributed by atoms with Gasteiger partial charge in [-0.25, -0.2) is 24.0 Å². The molecule has 0 radical (unpaired) electrons. The Balaban J connectivity index is 1.23. The lowest BCUT2D eigenvalue weighted by atomic mass is 9.61. The average Bonchev–Trinajstić information content (AvgIpc) is 3.95. The molecule has 256 valence electrons. The molecule has 11 rings (SSSR count). The first-order valence-corrected chi connectivity index (χ1v) is 18.0. The molecule has 5 heterocycles. The van der Waals surface area contributed by atoms with Gasteiger partial charge in [-0.3, -0.25) is 0 Å². The first kappa shape index (κ1) is 31.0. The highest BCUT2D eigenvalue weighted by Crippen LogP contribution is 2.55. The van der Waals surface area contributed by atoms with Crippen molar-refractivity contribution in [3.05, 3.63) is 149 Å². The van der Waals surface area contributed by atoms with Gasteiger partial charge in [0.2, 0.25) is 0 Å². The predicted octanol–water partition coefficient (Wildman–Crippen LogP) is 8.13. The minimum Gasteiger partial charge on any atom is -0.325 e. The van der Waals surface area contributed by atoms with Crippen LogP contribution in [0.3, 0.4) is 0 Å². The molecule has 0 unspecified atom stereocenters. The lowest BCUT2D eigenvalue weighted by Crippen LogP contribution is -2.40. The van der Waals surface area contributed by atoms with Crippen LogP contribution in [0, 0.1) is 17.7 Å². The molecule has 2 atom stereocenters. The highest BCUT2D eigenvalue weighted by atomic mass is 35.5. The molecule has 0 saturated heterocycles. The fourth-order valence-corrected chi connectivity index (χ4v) is 9.26. The van der Waals surface area contributed by atoms with E-state index >= 15 is 4.39 Å². The molecule has 2 bridgehead atoms. The Morgan fingerprint density at radius 2 is 1.38 bits per heavy atom. The van der Waals surface area contributed by atoms with E-state index in [-0.39, 0.29) is 17.8 Å². The molecular weight excluding hydrogens is 675 g/mol. The average molecular weight is 707 g/mol. The highest BCUT2D eigenvalue weighted by Gasteiger charge is 2.48.